The summed E-state index contributed by atoms with van der Waals surface area (Å²) in [6.45, 7) is -0.264. The van der Waals surface area contributed by atoms with Crippen LogP contribution in [0.15, 0.2) is 48.5 Å². The largest absolute Gasteiger partial charge is 1.00 e. The molecule has 0 bridgehead atoms. The van der Waals surface area contributed by atoms with E-state index in [1.807, 2.05) is 0 Å². The summed E-state index contributed by atoms with van der Waals surface area (Å²) in [5.74, 6) is -3.87. The first-order valence-corrected chi connectivity index (χ1v) is 9.01. The molecule has 31 heavy (non-hydrogen) atoms. The zero-order chi connectivity index (χ0) is 21.8. The summed E-state index contributed by atoms with van der Waals surface area (Å²) in [7, 11) is 0. The zero-order valence-electron chi connectivity index (χ0n) is 16.7. The monoisotopic (exact) mass is 434 g/mol. The van der Waals surface area contributed by atoms with Gasteiger partial charge in [0.1, 0.15) is 0 Å². The van der Waals surface area contributed by atoms with E-state index in [0.29, 0.717) is 10.5 Å². The Kier molecular flexibility index (Phi) is 8.03. The smallest absolute Gasteiger partial charge is 0.666 e. The molecule has 1 fully saturated rings. The third-order valence-corrected chi connectivity index (χ3v) is 4.68. The van der Waals surface area contributed by atoms with Crippen LogP contribution in [0, 0.1) is 0 Å². The first kappa shape index (κ1) is 24.2. The quantitative estimate of drug-likeness (QED) is 0.290. The molecule has 4 N–H and O–H groups in total. The Bertz CT molecular complexity index is 1000. The first-order valence-electron chi connectivity index (χ1n) is 9.01. The van der Waals surface area contributed by atoms with Gasteiger partial charge in [-0.3, -0.25) is 14.5 Å². The van der Waals surface area contributed by atoms with Crippen molar-refractivity contribution in [3.63, 3.8) is 0 Å². The average Bonchev–Trinajstić information content (AvgIpc) is 2.73. The topological polar surface area (TPSA) is 151 Å². The number of aromatic hydroxyl groups is 2. The molecule has 0 saturated carbocycles. The van der Waals surface area contributed by atoms with Gasteiger partial charge >= 0.3 is 47.4 Å². The Hall–Kier alpha value is -3.08. The minimum absolute atomic E-state index is 0. The molecule has 3 rings (SSSR count). The summed E-state index contributed by atoms with van der Waals surface area (Å²) in [4.78, 5) is 50.9. The van der Waals surface area contributed by atoms with Gasteiger partial charge in [0, 0.05) is 25.2 Å². The molecule has 10 nitrogen and oxygen atoms in total. The number of imide groups is 1. The molecule has 0 aliphatic carbocycles. The number of benzene rings is 2. The number of nitrogens with zero attached hydrogens (tertiary/aromatic N) is 2. The molecule has 11 heteroatoms. The maximum Gasteiger partial charge on any atom is 1.00 e. The molecular formula is C20H19N4NaO6. The van der Waals surface area contributed by atoms with Crippen molar-refractivity contribution in [3.05, 3.63) is 65.4 Å². The molecule has 1 aliphatic heterocycles. The van der Waals surface area contributed by atoms with Crippen molar-refractivity contribution in [1.29, 1.82) is 0 Å². The Morgan fingerprint density at radius 3 is 2.32 bits per heavy atom. The van der Waals surface area contributed by atoms with Crippen LogP contribution in [0.5, 0.6) is 11.5 Å². The van der Waals surface area contributed by atoms with Crippen LogP contribution in [0.2, 0.25) is 0 Å². The van der Waals surface area contributed by atoms with Gasteiger partial charge in [0.2, 0.25) is 0 Å². The van der Waals surface area contributed by atoms with Crippen LogP contribution >= 0.6 is 0 Å². The number of nitrogens with one attached hydrogen (secondary N) is 2. The van der Waals surface area contributed by atoms with E-state index in [2.05, 4.69) is 5.32 Å². The van der Waals surface area contributed by atoms with E-state index < -0.39 is 35.5 Å². The van der Waals surface area contributed by atoms with Gasteiger partial charge in [-0.1, -0.05) is 42.5 Å². The summed E-state index contributed by atoms with van der Waals surface area (Å²) in [6, 6.07) is 10.1. The standard InChI is InChI=1S/C20H20N4O6.Na/c21-17(27)15(12-5-2-1-3-6-12)22-20(30)24-10-9-23(18(28)19(24)29)11-13-7-4-8-14(25)16(13)26;/h1-8,15H,9-11H2,(H5,21,22,25,26,27,28,29,30);/q;+1/p-1. The number of carbonyl (C=O) groups excluding carboxylic acids is 4. The van der Waals surface area contributed by atoms with Gasteiger partial charge in [0.15, 0.2) is 11.5 Å². The molecule has 1 aliphatic rings. The van der Waals surface area contributed by atoms with Crippen LogP contribution in [0.1, 0.15) is 17.2 Å². The summed E-state index contributed by atoms with van der Waals surface area (Å²) in [6.07, 6.45) is 0. The van der Waals surface area contributed by atoms with Crippen LogP contribution in [0.3, 0.4) is 0 Å². The fourth-order valence-electron chi connectivity index (χ4n) is 3.08. The molecule has 1 atom stereocenters. The van der Waals surface area contributed by atoms with Gasteiger partial charge in [-0.05, 0) is 11.6 Å². The molecule has 1 unspecified atom stereocenters. The second kappa shape index (κ2) is 10.3. The third kappa shape index (κ3) is 5.35. The van der Waals surface area contributed by atoms with Crippen molar-refractivity contribution in [2.75, 3.05) is 13.1 Å². The first-order chi connectivity index (χ1) is 14.3. The molecule has 156 valence electrons. The molecular weight excluding hydrogens is 415 g/mol. The van der Waals surface area contributed by atoms with Crippen LogP contribution in [0.25, 0.3) is 5.73 Å². The van der Waals surface area contributed by atoms with E-state index in [1.165, 1.54) is 18.2 Å². The number of urea groups is 1. The summed E-state index contributed by atoms with van der Waals surface area (Å²) < 4.78 is 0. The van der Waals surface area contributed by atoms with Crippen LogP contribution in [-0.2, 0) is 20.9 Å². The number of piperazine rings is 1. The third-order valence-electron chi connectivity index (χ3n) is 4.68. The second-order valence-corrected chi connectivity index (χ2v) is 6.63. The van der Waals surface area contributed by atoms with Crippen LogP contribution in [-0.4, -0.2) is 56.9 Å². The molecule has 0 aromatic heterocycles. The van der Waals surface area contributed by atoms with Crippen molar-refractivity contribution >= 4 is 23.8 Å². The predicted octanol–water partition coefficient (Wildman–Crippen LogP) is -1.70. The van der Waals surface area contributed by atoms with E-state index in [4.69, 9.17) is 5.73 Å². The normalized spacial score (nSPS) is 14.6. The van der Waals surface area contributed by atoms with E-state index in [0.717, 1.165) is 4.90 Å². The van der Waals surface area contributed by atoms with Gasteiger partial charge in [0.25, 0.3) is 0 Å². The average molecular weight is 434 g/mol. The number of amides is 5. The Balaban J connectivity index is 0.00000341. The van der Waals surface area contributed by atoms with E-state index in [9.17, 15) is 29.4 Å². The molecule has 1 heterocycles. The van der Waals surface area contributed by atoms with Crippen molar-refractivity contribution in [2.24, 2.45) is 0 Å². The fraction of sp³-hybridized carbons (Fsp3) is 0.200. The van der Waals surface area contributed by atoms with E-state index >= 15 is 0 Å². The van der Waals surface area contributed by atoms with Crippen molar-refractivity contribution in [3.8, 4) is 11.5 Å². The molecule has 1 saturated heterocycles. The fourth-order valence-corrected chi connectivity index (χ4v) is 3.08. The van der Waals surface area contributed by atoms with E-state index in [1.54, 1.807) is 30.3 Å². The molecule has 0 spiro atoms. The number of carbonyl (C=O) groups is 4. The van der Waals surface area contributed by atoms with Gasteiger partial charge in [-0.2, -0.15) is 0 Å². The molecule has 5 amide bonds. The number of hydrogen-bond acceptors (Lipinski definition) is 6. The van der Waals surface area contributed by atoms with Crippen LogP contribution < -0.4 is 34.9 Å². The number of para-hydroxylation sites is 1. The van der Waals surface area contributed by atoms with Gasteiger partial charge in [-0.25, -0.2) is 4.79 Å². The Morgan fingerprint density at radius 2 is 1.68 bits per heavy atom. The van der Waals surface area contributed by atoms with Crippen LogP contribution in [0.4, 0.5) is 4.79 Å². The Labute approximate surface area is 199 Å². The SMILES string of the molecule is [NH-]C(=O)C(NC(=O)N1CCN(Cc2cccc(O)c2O)C(=O)C1=O)c1ccccc1.[Na+]. The molecule has 2 aromatic rings. The van der Waals surface area contributed by atoms with Gasteiger partial charge in [0.05, 0.1) is 11.9 Å². The number of phenolic OH excluding ortho intramolecular Hbond substituents is 2. The number of rotatable bonds is 5. The summed E-state index contributed by atoms with van der Waals surface area (Å²) in [5, 5.41) is 21.8. The minimum Gasteiger partial charge on any atom is -0.666 e. The summed E-state index contributed by atoms with van der Waals surface area (Å²) >= 11 is 0. The van der Waals surface area contributed by atoms with Gasteiger partial charge in [-0.15, -0.1) is 0 Å². The number of phenols is 2. The maximum atomic E-state index is 12.5. The Morgan fingerprint density at radius 1 is 1.00 bits per heavy atom. The second-order valence-electron chi connectivity index (χ2n) is 6.63. The van der Waals surface area contributed by atoms with Gasteiger partial charge < -0.3 is 31.0 Å². The number of hydrogen-bond donors (Lipinski definition) is 3. The van der Waals surface area contributed by atoms with Crippen molar-refractivity contribution < 1.29 is 58.9 Å². The molecule has 2 aromatic carbocycles. The minimum atomic E-state index is -1.27. The summed E-state index contributed by atoms with van der Waals surface area (Å²) in [5.41, 5.74) is 8.01. The predicted molar refractivity (Wildman–Crippen MR) is 104 cm³/mol. The maximum absolute atomic E-state index is 12.5. The van der Waals surface area contributed by atoms with E-state index in [-0.39, 0.29) is 60.5 Å². The molecule has 0 radical (unpaired) electrons. The van der Waals surface area contributed by atoms with Crippen molar-refractivity contribution in [2.45, 2.75) is 12.6 Å². The van der Waals surface area contributed by atoms with Crippen molar-refractivity contribution in [1.82, 2.24) is 15.1 Å². The zero-order valence-corrected chi connectivity index (χ0v) is 18.7.